The standard InChI is InChI=1S/C48H76N2/c1-5-9-13-15-16-17-18-19-20-21-22-23-24-25-27-30-41-36-38-43(39-37-41)47-45(34-12-8-4)46(35-28-14-10-6-2)48(50(47)49)44-33-29-32-42(40-44)31-26-11-7-3/h29,32-33,36-40H,5-28,30-31,34-35H2,1-4H3. The number of nitrogens with zero attached hydrogens (tertiary/aromatic N) is 2. The zero-order valence-corrected chi connectivity index (χ0v) is 33.3. The Bertz CT molecular complexity index is 1260. The SMILES string of the molecule is CCCCCCCCCCCCCCCCCc1ccc(C2=C(CCCC)C(CCCCCC)=C(c3cccc(CCCCC)c3)[N+]2=[N-])cc1. The molecule has 0 spiro atoms. The predicted octanol–water partition coefficient (Wildman–Crippen LogP) is 16.2. The van der Waals surface area contributed by atoms with Gasteiger partial charge in [-0.1, -0.05) is 180 Å². The van der Waals surface area contributed by atoms with Crippen molar-refractivity contribution >= 4 is 11.4 Å². The number of allylic oxidation sites excluding steroid dienone is 2. The first-order chi connectivity index (χ1) is 24.6. The van der Waals surface area contributed by atoms with E-state index in [0.717, 1.165) is 55.5 Å². The van der Waals surface area contributed by atoms with Crippen LogP contribution in [0, 0.1) is 0 Å². The van der Waals surface area contributed by atoms with E-state index in [-0.39, 0.29) is 0 Å². The fourth-order valence-corrected chi connectivity index (χ4v) is 7.85. The fourth-order valence-electron chi connectivity index (χ4n) is 7.85. The highest BCUT2D eigenvalue weighted by Gasteiger charge is 2.35. The molecule has 2 aromatic rings. The lowest BCUT2D eigenvalue weighted by Crippen LogP contribution is -2.03. The van der Waals surface area contributed by atoms with E-state index in [1.165, 1.54) is 169 Å². The van der Waals surface area contributed by atoms with Crippen LogP contribution in [0.3, 0.4) is 0 Å². The first-order valence-electron chi connectivity index (χ1n) is 21.8. The molecule has 0 bridgehead atoms. The van der Waals surface area contributed by atoms with Crippen LogP contribution in [0.15, 0.2) is 59.7 Å². The lowest BCUT2D eigenvalue weighted by molar-refractivity contribution is -0.345. The van der Waals surface area contributed by atoms with Crippen LogP contribution in [0.2, 0.25) is 0 Å². The van der Waals surface area contributed by atoms with Crippen LogP contribution in [0.25, 0.3) is 16.9 Å². The van der Waals surface area contributed by atoms with E-state index in [1.807, 2.05) is 0 Å². The number of hydrogen-bond donors (Lipinski definition) is 0. The molecule has 0 saturated heterocycles. The summed E-state index contributed by atoms with van der Waals surface area (Å²) in [4.78, 5) is 0. The van der Waals surface area contributed by atoms with Gasteiger partial charge < -0.3 is 5.53 Å². The van der Waals surface area contributed by atoms with Crippen LogP contribution in [0.5, 0.6) is 0 Å². The Morgan fingerprint density at radius 1 is 0.380 bits per heavy atom. The summed E-state index contributed by atoms with van der Waals surface area (Å²) in [5.74, 6) is 0. The molecule has 0 atom stereocenters. The Balaban J connectivity index is 1.57. The highest BCUT2D eigenvalue weighted by Crippen LogP contribution is 2.44. The molecule has 0 saturated carbocycles. The number of hydrogen-bond acceptors (Lipinski definition) is 0. The van der Waals surface area contributed by atoms with Gasteiger partial charge >= 0.3 is 0 Å². The third-order valence-electron chi connectivity index (χ3n) is 11.0. The summed E-state index contributed by atoms with van der Waals surface area (Å²) in [6, 6.07) is 18.2. The van der Waals surface area contributed by atoms with Crippen molar-refractivity contribution in [3.05, 3.63) is 87.5 Å². The summed E-state index contributed by atoms with van der Waals surface area (Å²) in [7, 11) is 0. The summed E-state index contributed by atoms with van der Waals surface area (Å²) in [6.45, 7) is 9.14. The molecule has 1 aliphatic heterocycles. The van der Waals surface area contributed by atoms with E-state index in [4.69, 9.17) is 0 Å². The van der Waals surface area contributed by atoms with Gasteiger partial charge in [-0.05, 0) is 86.8 Å². The molecule has 0 N–H and O–H groups in total. The lowest BCUT2D eigenvalue weighted by Gasteiger charge is -2.11. The average molecular weight is 681 g/mol. The summed E-state index contributed by atoms with van der Waals surface area (Å²) >= 11 is 0. The van der Waals surface area contributed by atoms with Crippen molar-refractivity contribution in [2.45, 2.75) is 207 Å². The molecule has 2 nitrogen and oxygen atoms in total. The largest absolute Gasteiger partial charge is 0.493 e. The van der Waals surface area contributed by atoms with Crippen LogP contribution >= 0.6 is 0 Å². The van der Waals surface area contributed by atoms with Gasteiger partial charge in [0.2, 0.25) is 11.4 Å². The molecule has 0 unspecified atom stereocenters. The lowest BCUT2D eigenvalue weighted by atomic mass is 9.91. The Labute approximate surface area is 310 Å². The van der Waals surface area contributed by atoms with Crippen molar-refractivity contribution < 1.29 is 4.70 Å². The number of benzene rings is 2. The molecule has 3 rings (SSSR count). The number of rotatable bonds is 30. The highest BCUT2D eigenvalue weighted by atomic mass is 15.2. The first-order valence-corrected chi connectivity index (χ1v) is 21.8. The summed E-state index contributed by atoms with van der Waals surface area (Å²) in [6.07, 6.45) is 36.4. The van der Waals surface area contributed by atoms with Gasteiger partial charge in [-0.2, -0.15) is 0 Å². The molecule has 2 aromatic carbocycles. The number of aryl methyl sites for hydroxylation is 2. The van der Waals surface area contributed by atoms with Crippen LogP contribution in [0.4, 0.5) is 0 Å². The molecular formula is C48H76N2. The molecular weight excluding hydrogens is 605 g/mol. The van der Waals surface area contributed by atoms with E-state index in [0.29, 0.717) is 0 Å². The zero-order chi connectivity index (χ0) is 35.7. The van der Waals surface area contributed by atoms with Crippen molar-refractivity contribution in [2.75, 3.05) is 0 Å². The van der Waals surface area contributed by atoms with E-state index >= 15 is 0 Å². The second-order valence-corrected chi connectivity index (χ2v) is 15.4. The van der Waals surface area contributed by atoms with Crippen molar-refractivity contribution in [2.24, 2.45) is 0 Å². The van der Waals surface area contributed by atoms with E-state index in [1.54, 1.807) is 4.70 Å². The van der Waals surface area contributed by atoms with Gasteiger partial charge in [0.05, 0.1) is 0 Å². The quantitative estimate of drug-likeness (QED) is 0.0580. The van der Waals surface area contributed by atoms with Gasteiger partial charge in [-0.15, -0.1) is 0 Å². The minimum Gasteiger partial charge on any atom is -0.493 e. The van der Waals surface area contributed by atoms with Gasteiger partial charge in [-0.25, -0.2) is 4.70 Å². The average Bonchev–Trinajstić information content (AvgIpc) is 3.41. The molecule has 2 heteroatoms. The van der Waals surface area contributed by atoms with Gasteiger partial charge in [0.1, 0.15) is 0 Å². The second-order valence-electron chi connectivity index (χ2n) is 15.4. The Morgan fingerprint density at radius 2 is 0.780 bits per heavy atom. The van der Waals surface area contributed by atoms with Crippen LogP contribution in [-0.4, -0.2) is 4.70 Å². The van der Waals surface area contributed by atoms with Crippen LogP contribution < -0.4 is 0 Å². The maximum Gasteiger partial charge on any atom is 0.211 e. The fraction of sp³-hybridized carbons (Fsp3) is 0.667. The molecule has 0 fully saturated rings. The molecule has 1 heterocycles. The molecule has 1 aliphatic rings. The summed E-state index contributed by atoms with van der Waals surface area (Å²) in [5.41, 5.74) is 22.0. The van der Waals surface area contributed by atoms with Gasteiger partial charge in [0, 0.05) is 22.3 Å². The first kappa shape index (κ1) is 41.9. The Hall–Kier alpha value is -2.48. The van der Waals surface area contributed by atoms with Gasteiger partial charge in [0.25, 0.3) is 0 Å². The highest BCUT2D eigenvalue weighted by molar-refractivity contribution is 5.82. The van der Waals surface area contributed by atoms with Crippen LogP contribution in [-0.2, 0) is 12.8 Å². The minimum absolute atomic E-state index is 1.02. The van der Waals surface area contributed by atoms with E-state index in [9.17, 15) is 5.53 Å². The predicted molar refractivity (Wildman–Crippen MR) is 220 cm³/mol. The van der Waals surface area contributed by atoms with E-state index in [2.05, 4.69) is 76.2 Å². The Kier molecular flexibility index (Phi) is 22.1. The zero-order valence-electron chi connectivity index (χ0n) is 33.3. The van der Waals surface area contributed by atoms with Crippen LogP contribution in [0.1, 0.15) is 217 Å². The van der Waals surface area contributed by atoms with Crippen molar-refractivity contribution in [3.8, 4) is 0 Å². The molecule has 0 aliphatic carbocycles. The molecule has 50 heavy (non-hydrogen) atoms. The smallest absolute Gasteiger partial charge is 0.211 e. The summed E-state index contributed by atoms with van der Waals surface area (Å²) in [5, 5.41) is 0. The molecule has 278 valence electrons. The van der Waals surface area contributed by atoms with Crippen molar-refractivity contribution in [1.82, 2.24) is 0 Å². The second kappa shape index (κ2) is 26.3. The minimum atomic E-state index is 1.02. The third kappa shape index (κ3) is 15.0. The van der Waals surface area contributed by atoms with E-state index < -0.39 is 0 Å². The van der Waals surface area contributed by atoms with Gasteiger partial charge in [-0.3, -0.25) is 0 Å². The van der Waals surface area contributed by atoms with Crippen molar-refractivity contribution in [3.63, 3.8) is 0 Å². The van der Waals surface area contributed by atoms with Crippen molar-refractivity contribution in [1.29, 1.82) is 0 Å². The topological polar surface area (TPSA) is 25.3 Å². The summed E-state index contributed by atoms with van der Waals surface area (Å²) < 4.78 is 1.58. The maximum absolute atomic E-state index is 12.0. The third-order valence-corrected chi connectivity index (χ3v) is 11.0. The number of unbranched alkanes of at least 4 members (excludes halogenated alkanes) is 20. The Morgan fingerprint density at radius 3 is 1.34 bits per heavy atom. The molecule has 0 amide bonds. The molecule has 0 aromatic heterocycles. The monoisotopic (exact) mass is 681 g/mol. The van der Waals surface area contributed by atoms with Gasteiger partial charge in [0.15, 0.2) is 0 Å². The normalized spacial score (nSPS) is 13.3. The molecule has 0 radical (unpaired) electrons. The maximum atomic E-state index is 12.0.